The van der Waals surface area contributed by atoms with Gasteiger partial charge in [-0.1, -0.05) is 17.7 Å². The fourth-order valence-electron chi connectivity index (χ4n) is 2.88. The molecule has 0 saturated heterocycles. The summed E-state index contributed by atoms with van der Waals surface area (Å²) in [5, 5.41) is 4.74. The summed E-state index contributed by atoms with van der Waals surface area (Å²) in [5.41, 5.74) is 3.42. The van der Waals surface area contributed by atoms with Gasteiger partial charge >= 0.3 is 0 Å². The van der Waals surface area contributed by atoms with E-state index in [1.54, 1.807) is 16.9 Å². The van der Waals surface area contributed by atoms with E-state index in [1.165, 1.54) is 12.3 Å². The monoisotopic (exact) mass is 376 g/mol. The Labute approximate surface area is 159 Å². The number of nitrogens with one attached hydrogen (secondary N) is 1. The molecule has 0 atom stereocenters. The number of H-pyrrole nitrogens is 1. The van der Waals surface area contributed by atoms with Crippen molar-refractivity contribution in [2.75, 3.05) is 0 Å². The van der Waals surface area contributed by atoms with Gasteiger partial charge in [-0.05, 0) is 31.5 Å². The van der Waals surface area contributed by atoms with Crippen molar-refractivity contribution in [2.24, 2.45) is 0 Å². The number of hydrogen-bond donors (Lipinski definition) is 1. The van der Waals surface area contributed by atoms with Crippen LogP contribution in [0.1, 0.15) is 11.3 Å². The lowest BCUT2D eigenvalue weighted by atomic mass is 10.1. The topological polar surface area (TPSA) is 80.8 Å². The molecular weight excluding hydrogens is 364 g/mol. The normalized spacial score (nSPS) is 10.9. The quantitative estimate of drug-likeness (QED) is 0.536. The van der Waals surface area contributed by atoms with Crippen LogP contribution in [0.15, 0.2) is 41.5 Å². The van der Waals surface area contributed by atoms with Crippen LogP contribution >= 0.6 is 11.6 Å². The molecule has 27 heavy (non-hydrogen) atoms. The lowest BCUT2D eigenvalue weighted by Crippen LogP contribution is -2.10. The highest BCUT2D eigenvalue weighted by molar-refractivity contribution is 6.33. The molecule has 0 fully saturated rings. The van der Waals surface area contributed by atoms with Crippen molar-refractivity contribution in [3.05, 3.63) is 74.6 Å². The summed E-state index contributed by atoms with van der Waals surface area (Å²) in [4.78, 5) is 27.8. The van der Waals surface area contributed by atoms with Gasteiger partial charge in [-0.25, -0.2) is 19.5 Å². The molecule has 4 rings (SSSR count). The van der Waals surface area contributed by atoms with E-state index < -0.39 is 0 Å². The average Bonchev–Trinajstić information content (AvgIpc) is 3.07. The second kappa shape index (κ2) is 6.34. The first-order valence-electron chi connectivity index (χ1n) is 8.08. The van der Waals surface area contributed by atoms with E-state index in [9.17, 15) is 4.79 Å². The predicted molar refractivity (Wildman–Crippen MR) is 103 cm³/mol. The maximum absolute atomic E-state index is 12.2. The zero-order valence-electron chi connectivity index (χ0n) is 14.5. The van der Waals surface area contributed by atoms with Crippen LogP contribution in [0.5, 0.6) is 0 Å². The van der Waals surface area contributed by atoms with E-state index in [0.717, 1.165) is 11.3 Å². The van der Waals surface area contributed by atoms with Crippen LogP contribution in [-0.2, 0) is 0 Å². The molecule has 4 aromatic rings. The molecule has 0 radical (unpaired) electrons. The number of fused-ring (bicyclic) bond motifs is 1. The number of nitrogens with zero attached hydrogens (tertiary/aromatic N) is 5. The van der Waals surface area contributed by atoms with Gasteiger partial charge in [-0.2, -0.15) is 5.10 Å². The molecule has 1 N–H and O–H groups in total. The first-order chi connectivity index (χ1) is 13.0. The van der Waals surface area contributed by atoms with Gasteiger partial charge in [0.15, 0.2) is 17.0 Å². The molecule has 0 unspecified atom stereocenters. The summed E-state index contributed by atoms with van der Waals surface area (Å²) in [7, 11) is 0. The van der Waals surface area contributed by atoms with Gasteiger partial charge < -0.3 is 4.98 Å². The SMILES string of the molecule is [C-]#[N+]c1c(C)cc(-c2nc3c(=O)cc[nH]c3nc2-n2ccc(C)n2)cc1Cl. The summed E-state index contributed by atoms with van der Waals surface area (Å²) in [5.74, 6) is 0.462. The number of aromatic nitrogens is 5. The highest BCUT2D eigenvalue weighted by atomic mass is 35.5. The molecule has 132 valence electrons. The Hall–Kier alpha value is -3.50. The minimum absolute atomic E-state index is 0.225. The van der Waals surface area contributed by atoms with Crippen molar-refractivity contribution in [1.29, 1.82) is 0 Å². The first kappa shape index (κ1) is 16.9. The molecule has 7 nitrogen and oxygen atoms in total. The van der Waals surface area contributed by atoms with E-state index in [4.69, 9.17) is 18.2 Å². The van der Waals surface area contributed by atoms with Gasteiger partial charge in [0.1, 0.15) is 5.69 Å². The molecule has 3 aromatic heterocycles. The molecule has 0 aliphatic rings. The standard InChI is InChI=1S/C19H13ClN6O/c1-10-8-12(9-13(20)15(10)21-3)16-19(26-7-5-11(2)25-26)24-18-17(23-16)14(27)4-6-22-18/h4-9H,1-2H3,(H,22,24,27). The van der Waals surface area contributed by atoms with E-state index in [-0.39, 0.29) is 10.9 Å². The second-order valence-electron chi connectivity index (χ2n) is 6.07. The molecule has 1 aromatic carbocycles. The zero-order chi connectivity index (χ0) is 19.1. The number of pyridine rings is 1. The minimum atomic E-state index is -0.235. The van der Waals surface area contributed by atoms with Gasteiger partial charge in [0, 0.05) is 29.0 Å². The number of aromatic amines is 1. The van der Waals surface area contributed by atoms with Crippen molar-refractivity contribution in [2.45, 2.75) is 13.8 Å². The molecule has 0 aliphatic carbocycles. The molecular formula is C19H13ClN6O. The molecule has 8 heteroatoms. The van der Waals surface area contributed by atoms with Crippen LogP contribution in [0, 0.1) is 20.4 Å². The van der Waals surface area contributed by atoms with Crippen LogP contribution in [0.3, 0.4) is 0 Å². The minimum Gasteiger partial charge on any atom is -0.345 e. The third-order valence-corrected chi connectivity index (χ3v) is 4.43. The number of halogens is 1. The maximum atomic E-state index is 12.2. The van der Waals surface area contributed by atoms with Crippen LogP contribution in [0.25, 0.3) is 33.1 Å². The third-order valence-electron chi connectivity index (χ3n) is 4.14. The summed E-state index contributed by atoms with van der Waals surface area (Å²) in [6, 6.07) is 6.73. The molecule has 3 heterocycles. The number of aryl methyl sites for hydroxylation is 2. The van der Waals surface area contributed by atoms with E-state index in [1.807, 2.05) is 26.0 Å². The Kier molecular flexibility index (Phi) is 3.98. The van der Waals surface area contributed by atoms with Gasteiger partial charge in [0.2, 0.25) is 11.1 Å². The summed E-state index contributed by atoms with van der Waals surface area (Å²) in [6.07, 6.45) is 3.31. The van der Waals surface area contributed by atoms with E-state index >= 15 is 0 Å². The van der Waals surface area contributed by atoms with Crippen molar-refractivity contribution in [3.8, 4) is 17.1 Å². The number of rotatable bonds is 2. The Balaban J connectivity index is 2.08. The molecule has 0 bridgehead atoms. The molecule has 0 aliphatic heterocycles. The fraction of sp³-hybridized carbons (Fsp3) is 0.105. The summed E-state index contributed by atoms with van der Waals surface area (Å²) < 4.78 is 1.61. The number of benzene rings is 1. The van der Waals surface area contributed by atoms with Gasteiger partial charge in [-0.3, -0.25) is 4.79 Å². The average molecular weight is 377 g/mol. The lowest BCUT2D eigenvalue weighted by molar-refractivity contribution is 0.832. The lowest BCUT2D eigenvalue weighted by Gasteiger charge is -2.11. The second-order valence-corrected chi connectivity index (χ2v) is 6.48. The zero-order valence-corrected chi connectivity index (χ0v) is 15.2. The molecule has 0 spiro atoms. The maximum Gasteiger partial charge on any atom is 0.209 e. The van der Waals surface area contributed by atoms with Crippen LogP contribution < -0.4 is 5.43 Å². The molecule has 0 amide bonds. The highest BCUT2D eigenvalue weighted by Gasteiger charge is 2.17. The first-order valence-corrected chi connectivity index (χ1v) is 8.46. The van der Waals surface area contributed by atoms with Crippen molar-refractivity contribution >= 4 is 28.5 Å². The largest absolute Gasteiger partial charge is 0.345 e. The molecule has 0 saturated carbocycles. The van der Waals surface area contributed by atoms with Crippen molar-refractivity contribution < 1.29 is 0 Å². The summed E-state index contributed by atoms with van der Waals surface area (Å²) >= 11 is 6.28. The van der Waals surface area contributed by atoms with E-state index in [0.29, 0.717) is 33.4 Å². The van der Waals surface area contributed by atoms with Crippen molar-refractivity contribution in [3.63, 3.8) is 0 Å². The Morgan fingerprint density at radius 2 is 2.04 bits per heavy atom. The van der Waals surface area contributed by atoms with Crippen LogP contribution in [-0.4, -0.2) is 24.7 Å². The third kappa shape index (κ3) is 2.86. The van der Waals surface area contributed by atoms with Gasteiger partial charge in [0.25, 0.3) is 0 Å². The highest BCUT2D eigenvalue weighted by Crippen LogP contribution is 2.35. The Morgan fingerprint density at radius 3 is 2.70 bits per heavy atom. The smallest absolute Gasteiger partial charge is 0.209 e. The van der Waals surface area contributed by atoms with Crippen LogP contribution in [0.2, 0.25) is 5.02 Å². The Morgan fingerprint density at radius 1 is 1.22 bits per heavy atom. The fourth-order valence-corrected chi connectivity index (χ4v) is 3.18. The van der Waals surface area contributed by atoms with Gasteiger partial charge in [0.05, 0.1) is 12.3 Å². The van der Waals surface area contributed by atoms with Gasteiger partial charge in [-0.15, -0.1) is 0 Å². The summed E-state index contributed by atoms with van der Waals surface area (Å²) in [6.45, 7) is 10.9. The Bertz CT molecular complexity index is 1270. The van der Waals surface area contributed by atoms with E-state index in [2.05, 4.69) is 24.9 Å². The van der Waals surface area contributed by atoms with Crippen LogP contribution in [0.4, 0.5) is 5.69 Å². The number of hydrogen-bond acceptors (Lipinski definition) is 4. The predicted octanol–water partition coefficient (Wildman–Crippen LogP) is 3.99. The van der Waals surface area contributed by atoms with Crippen molar-refractivity contribution in [1.82, 2.24) is 24.7 Å².